The van der Waals surface area contributed by atoms with Gasteiger partial charge in [-0.3, -0.25) is 4.79 Å². The van der Waals surface area contributed by atoms with Gasteiger partial charge >= 0.3 is 0 Å². The molecule has 2 rings (SSSR count). The summed E-state index contributed by atoms with van der Waals surface area (Å²) < 4.78 is 14.0. The van der Waals surface area contributed by atoms with E-state index in [2.05, 4.69) is 15.9 Å². The zero-order valence-electron chi connectivity index (χ0n) is 8.46. The van der Waals surface area contributed by atoms with Gasteiger partial charge in [0.15, 0.2) is 5.78 Å². The smallest absolute Gasteiger partial charge is 0.197 e. The van der Waals surface area contributed by atoms with Crippen LogP contribution in [0.4, 0.5) is 4.39 Å². The first-order valence-electron chi connectivity index (χ1n) is 4.62. The van der Waals surface area contributed by atoms with Crippen LogP contribution >= 0.6 is 27.3 Å². The van der Waals surface area contributed by atoms with Crippen LogP contribution in [-0.2, 0) is 0 Å². The SMILES string of the molecule is Cc1cscc1C(=O)c1cccc(Br)c1F. The number of ketones is 1. The molecule has 2 aromatic rings. The molecule has 0 aliphatic heterocycles. The summed E-state index contributed by atoms with van der Waals surface area (Å²) in [5.41, 5.74) is 1.56. The largest absolute Gasteiger partial charge is 0.288 e. The number of hydrogen-bond acceptors (Lipinski definition) is 2. The number of carbonyl (C=O) groups excluding carboxylic acids is 1. The topological polar surface area (TPSA) is 17.1 Å². The number of carbonyl (C=O) groups is 1. The van der Waals surface area contributed by atoms with Gasteiger partial charge in [-0.05, 0) is 45.9 Å². The first-order valence-corrected chi connectivity index (χ1v) is 6.36. The Balaban J connectivity index is 2.50. The van der Waals surface area contributed by atoms with Crippen molar-refractivity contribution in [1.29, 1.82) is 0 Å². The normalized spacial score (nSPS) is 10.4. The van der Waals surface area contributed by atoms with Gasteiger partial charge in [0.2, 0.25) is 0 Å². The fourth-order valence-electron chi connectivity index (χ4n) is 1.42. The highest BCUT2D eigenvalue weighted by Gasteiger charge is 2.17. The Hall–Kier alpha value is -1.000. The first-order chi connectivity index (χ1) is 7.61. The number of aryl methyl sites for hydroxylation is 1. The van der Waals surface area contributed by atoms with Gasteiger partial charge in [-0.1, -0.05) is 6.07 Å². The highest BCUT2D eigenvalue weighted by molar-refractivity contribution is 9.10. The van der Waals surface area contributed by atoms with Crippen molar-refractivity contribution >= 4 is 33.0 Å². The molecule has 82 valence electrons. The fraction of sp³-hybridized carbons (Fsp3) is 0.0833. The third-order valence-corrected chi connectivity index (χ3v) is 3.77. The van der Waals surface area contributed by atoms with Crippen LogP contribution in [0.3, 0.4) is 0 Å². The van der Waals surface area contributed by atoms with Gasteiger partial charge in [0, 0.05) is 10.9 Å². The quantitative estimate of drug-likeness (QED) is 0.760. The average molecular weight is 299 g/mol. The molecular formula is C12H8BrFOS. The number of rotatable bonds is 2. The van der Waals surface area contributed by atoms with E-state index in [1.165, 1.54) is 17.4 Å². The van der Waals surface area contributed by atoms with Crippen LogP contribution < -0.4 is 0 Å². The van der Waals surface area contributed by atoms with E-state index in [1.54, 1.807) is 17.5 Å². The lowest BCUT2D eigenvalue weighted by Gasteiger charge is -2.03. The van der Waals surface area contributed by atoms with Crippen LogP contribution in [0.2, 0.25) is 0 Å². The zero-order valence-corrected chi connectivity index (χ0v) is 10.9. The van der Waals surface area contributed by atoms with Gasteiger partial charge in [0.1, 0.15) is 5.82 Å². The molecule has 0 unspecified atom stereocenters. The number of benzene rings is 1. The van der Waals surface area contributed by atoms with Gasteiger partial charge in [-0.2, -0.15) is 11.3 Å². The minimum Gasteiger partial charge on any atom is -0.288 e. The molecule has 1 nitrogen and oxygen atoms in total. The molecular weight excluding hydrogens is 291 g/mol. The van der Waals surface area contributed by atoms with E-state index in [9.17, 15) is 9.18 Å². The zero-order chi connectivity index (χ0) is 11.7. The van der Waals surface area contributed by atoms with E-state index in [0.29, 0.717) is 10.0 Å². The van der Waals surface area contributed by atoms with Crippen LogP contribution in [0.15, 0.2) is 33.4 Å². The lowest BCUT2D eigenvalue weighted by Crippen LogP contribution is -2.04. The van der Waals surface area contributed by atoms with Crippen molar-refractivity contribution in [2.24, 2.45) is 0 Å². The molecule has 0 aliphatic rings. The maximum atomic E-state index is 13.7. The van der Waals surface area contributed by atoms with Crippen molar-refractivity contribution in [1.82, 2.24) is 0 Å². The van der Waals surface area contributed by atoms with Gasteiger partial charge in [-0.25, -0.2) is 4.39 Å². The van der Waals surface area contributed by atoms with Crippen LogP contribution in [0.1, 0.15) is 21.5 Å². The van der Waals surface area contributed by atoms with E-state index in [-0.39, 0.29) is 11.3 Å². The minimum atomic E-state index is -0.502. The summed E-state index contributed by atoms with van der Waals surface area (Å²) in [5.74, 6) is -0.768. The molecule has 0 radical (unpaired) electrons. The van der Waals surface area contributed by atoms with E-state index < -0.39 is 5.82 Å². The minimum absolute atomic E-state index is 0.107. The van der Waals surface area contributed by atoms with Gasteiger partial charge < -0.3 is 0 Å². The maximum Gasteiger partial charge on any atom is 0.197 e. The Labute approximate surface area is 105 Å². The number of halogens is 2. The Morgan fingerprint density at radius 2 is 2.06 bits per heavy atom. The highest BCUT2D eigenvalue weighted by Crippen LogP contribution is 2.23. The average Bonchev–Trinajstić information content (AvgIpc) is 2.68. The number of thiophene rings is 1. The van der Waals surface area contributed by atoms with Crippen molar-refractivity contribution in [3.05, 3.63) is 55.9 Å². The molecule has 0 fully saturated rings. The molecule has 0 saturated heterocycles. The van der Waals surface area contributed by atoms with Crippen molar-refractivity contribution < 1.29 is 9.18 Å². The van der Waals surface area contributed by atoms with Crippen LogP contribution in [0.25, 0.3) is 0 Å². The molecule has 1 aromatic heterocycles. The van der Waals surface area contributed by atoms with Crippen molar-refractivity contribution in [3.8, 4) is 0 Å². The van der Waals surface area contributed by atoms with Crippen molar-refractivity contribution in [3.63, 3.8) is 0 Å². The van der Waals surface area contributed by atoms with E-state index in [4.69, 9.17) is 0 Å². The summed E-state index contributed by atoms with van der Waals surface area (Å²) in [7, 11) is 0. The Kier molecular flexibility index (Phi) is 3.21. The summed E-state index contributed by atoms with van der Waals surface area (Å²) in [4.78, 5) is 12.0. The van der Waals surface area contributed by atoms with Gasteiger partial charge in [0.25, 0.3) is 0 Å². The van der Waals surface area contributed by atoms with Crippen LogP contribution in [0.5, 0.6) is 0 Å². The summed E-state index contributed by atoms with van der Waals surface area (Å²) in [5, 5.41) is 3.63. The molecule has 1 heterocycles. The molecule has 0 atom stereocenters. The molecule has 0 amide bonds. The predicted molar refractivity (Wildman–Crippen MR) is 66.6 cm³/mol. The number of hydrogen-bond donors (Lipinski definition) is 0. The molecule has 4 heteroatoms. The van der Waals surface area contributed by atoms with E-state index in [1.807, 2.05) is 12.3 Å². The molecule has 1 aromatic carbocycles. The summed E-state index contributed by atoms with van der Waals surface area (Å²) in [6.45, 7) is 1.85. The summed E-state index contributed by atoms with van der Waals surface area (Å²) in [6, 6.07) is 4.73. The monoisotopic (exact) mass is 298 g/mol. The van der Waals surface area contributed by atoms with E-state index >= 15 is 0 Å². The molecule has 0 bridgehead atoms. The standard InChI is InChI=1S/C12H8BrFOS/c1-7-5-16-6-9(7)12(15)8-3-2-4-10(13)11(8)14/h2-6H,1H3. The molecule has 0 N–H and O–H groups in total. The molecule has 16 heavy (non-hydrogen) atoms. The second-order valence-corrected chi connectivity index (χ2v) is 5.00. The molecule has 0 saturated carbocycles. The second kappa shape index (κ2) is 4.47. The third-order valence-electron chi connectivity index (χ3n) is 2.30. The van der Waals surface area contributed by atoms with Gasteiger partial charge in [-0.15, -0.1) is 0 Å². The molecule has 0 spiro atoms. The highest BCUT2D eigenvalue weighted by atomic mass is 79.9. The first kappa shape index (κ1) is 11.5. The maximum absolute atomic E-state index is 13.7. The van der Waals surface area contributed by atoms with Crippen LogP contribution in [0, 0.1) is 12.7 Å². The summed E-state index contributed by atoms with van der Waals surface area (Å²) >= 11 is 4.52. The van der Waals surface area contributed by atoms with Crippen LogP contribution in [-0.4, -0.2) is 5.78 Å². The Morgan fingerprint density at radius 1 is 1.31 bits per heavy atom. The lowest BCUT2D eigenvalue weighted by molar-refractivity contribution is 0.103. The van der Waals surface area contributed by atoms with Crippen molar-refractivity contribution in [2.75, 3.05) is 0 Å². The second-order valence-electron chi connectivity index (χ2n) is 3.40. The molecule has 0 aliphatic carbocycles. The van der Waals surface area contributed by atoms with Gasteiger partial charge in [0.05, 0.1) is 10.0 Å². The summed E-state index contributed by atoms with van der Waals surface area (Å²) in [6.07, 6.45) is 0. The van der Waals surface area contributed by atoms with Crippen molar-refractivity contribution in [2.45, 2.75) is 6.92 Å². The predicted octanol–water partition coefficient (Wildman–Crippen LogP) is 4.19. The fourth-order valence-corrected chi connectivity index (χ4v) is 2.61. The van der Waals surface area contributed by atoms with E-state index in [0.717, 1.165) is 5.56 Å². The Bertz CT molecular complexity index is 548. The lowest BCUT2D eigenvalue weighted by atomic mass is 10.0. The Morgan fingerprint density at radius 3 is 2.69 bits per heavy atom. The third kappa shape index (κ3) is 1.95.